The standard InChI is InChI=1S/C14H14BrN5O2/c1-3-22-11-4-7(9(15)5-10(11)21-2)12-8(6-16)13(17)20-14(18)19-12/h4-5H,3H2,1-2H3,(H4,17,18,19,20). The fraction of sp³-hybridized carbons (Fsp3) is 0.214. The molecule has 0 saturated heterocycles. The summed E-state index contributed by atoms with van der Waals surface area (Å²) in [6, 6.07) is 5.45. The summed E-state index contributed by atoms with van der Waals surface area (Å²) < 4.78 is 11.5. The molecule has 2 rings (SSSR count). The Morgan fingerprint density at radius 3 is 2.59 bits per heavy atom. The molecule has 1 aromatic carbocycles. The minimum atomic E-state index is -0.00724. The van der Waals surface area contributed by atoms with E-state index in [4.69, 9.17) is 20.9 Å². The van der Waals surface area contributed by atoms with Crippen molar-refractivity contribution in [2.45, 2.75) is 6.92 Å². The van der Waals surface area contributed by atoms with E-state index in [0.717, 1.165) is 0 Å². The molecule has 1 heterocycles. The molecule has 114 valence electrons. The summed E-state index contributed by atoms with van der Waals surface area (Å²) in [5, 5.41) is 9.29. The second-order valence-corrected chi connectivity index (χ2v) is 5.07. The summed E-state index contributed by atoms with van der Waals surface area (Å²) in [4.78, 5) is 7.93. The van der Waals surface area contributed by atoms with Crippen LogP contribution in [0.5, 0.6) is 11.5 Å². The number of anilines is 2. The van der Waals surface area contributed by atoms with E-state index in [1.807, 2.05) is 13.0 Å². The molecular formula is C14H14BrN5O2. The monoisotopic (exact) mass is 363 g/mol. The zero-order chi connectivity index (χ0) is 16.3. The van der Waals surface area contributed by atoms with Gasteiger partial charge in [0.1, 0.15) is 17.5 Å². The van der Waals surface area contributed by atoms with Crippen molar-refractivity contribution in [2.24, 2.45) is 0 Å². The van der Waals surface area contributed by atoms with Crippen molar-refractivity contribution >= 4 is 27.7 Å². The van der Waals surface area contributed by atoms with E-state index in [1.165, 1.54) is 0 Å². The smallest absolute Gasteiger partial charge is 0.222 e. The number of benzene rings is 1. The minimum absolute atomic E-state index is 0.00724. The van der Waals surface area contributed by atoms with E-state index < -0.39 is 0 Å². The zero-order valence-electron chi connectivity index (χ0n) is 12.1. The zero-order valence-corrected chi connectivity index (χ0v) is 13.6. The maximum absolute atomic E-state index is 9.29. The molecule has 7 nitrogen and oxygen atoms in total. The molecule has 2 aromatic rings. The first-order valence-corrected chi connectivity index (χ1v) is 7.14. The van der Waals surface area contributed by atoms with Crippen molar-refractivity contribution in [1.29, 1.82) is 5.26 Å². The van der Waals surface area contributed by atoms with Crippen LogP contribution in [0.2, 0.25) is 0 Å². The fourth-order valence-electron chi connectivity index (χ4n) is 1.95. The van der Waals surface area contributed by atoms with E-state index in [-0.39, 0.29) is 17.3 Å². The second kappa shape index (κ2) is 6.49. The van der Waals surface area contributed by atoms with Crippen molar-refractivity contribution < 1.29 is 9.47 Å². The van der Waals surface area contributed by atoms with Crippen molar-refractivity contribution in [3.05, 3.63) is 22.2 Å². The second-order valence-electron chi connectivity index (χ2n) is 4.22. The third-order valence-corrected chi connectivity index (χ3v) is 3.53. The Morgan fingerprint density at radius 2 is 2.00 bits per heavy atom. The van der Waals surface area contributed by atoms with Gasteiger partial charge in [-0.25, -0.2) is 4.98 Å². The van der Waals surface area contributed by atoms with Crippen LogP contribution in [-0.4, -0.2) is 23.7 Å². The highest BCUT2D eigenvalue weighted by molar-refractivity contribution is 9.10. The Bertz CT molecular complexity index is 758. The van der Waals surface area contributed by atoms with Gasteiger partial charge in [0.25, 0.3) is 0 Å². The van der Waals surface area contributed by atoms with E-state index in [1.54, 1.807) is 19.2 Å². The van der Waals surface area contributed by atoms with Gasteiger partial charge in [-0.1, -0.05) is 0 Å². The number of halogens is 1. The summed E-state index contributed by atoms with van der Waals surface area (Å²) >= 11 is 3.44. The minimum Gasteiger partial charge on any atom is -0.493 e. The Balaban J connectivity index is 2.73. The van der Waals surface area contributed by atoms with Crippen molar-refractivity contribution in [2.75, 3.05) is 25.2 Å². The first-order valence-electron chi connectivity index (χ1n) is 6.35. The number of methoxy groups -OCH3 is 1. The summed E-state index contributed by atoms with van der Waals surface area (Å²) in [6.45, 7) is 2.33. The van der Waals surface area contributed by atoms with E-state index in [2.05, 4.69) is 25.9 Å². The topological polar surface area (TPSA) is 120 Å². The third kappa shape index (κ3) is 2.89. The lowest BCUT2D eigenvalue weighted by atomic mass is 10.1. The van der Waals surface area contributed by atoms with Gasteiger partial charge in [0.15, 0.2) is 11.5 Å². The molecule has 4 N–H and O–H groups in total. The largest absolute Gasteiger partial charge is 0.493 e. The van der Waals surface area contributed by atoms with Crippen molar-refractivity contribution in [3.63, 3.8) is 0 Å². The predicted molar refractivity (Wildman–Crippen MR) is 86.4 cm³/mol. The Hall–Kier alpha value is -2.53. The lowest BCUT2D eigenvalue weighted by Crippen LogP contribution is -2.05. The molecule has 0 fully saturated rings. The van der Waals surface area contributed by atoms with E-state index >= 15 is 0 Å². The normalized spacial score (nSPS) is 10.1. The number of hydrogen-bond acceptors (Lipinski definition) is 7. The molecule has 0 bridgehead atoms. The van der Waals surface area contributed by atoms with Crippen LogP contribution < -0.4 is 20.9 Å². The average Bonchev–Trinajstić information content (AvgIpc) is 2.48. The molecule has 0 unspecified atom stereocenters. The number of rotatable bonds is 4. The van der Waals surface area contributed by atoms with Gasteiger partial charge in [-0.05, 0) is 35.0 Å². The number of nitrogen functional groups attached to an aromatic ring is 2. The number of ether oxygens (including phenoxy) is 2. The lowest BCUT2D eigenvalue weighted by Gasteiger charge is -2.14. The van der Waals surface area contributed by atoms with Gasteiger partial charge in [-0.2, -0.15) is 10.2 Å². The molecule has 0 aliphatic heterocycles. The van der Waals surface area contributed by atoms with Crippen LogP contribution in [0.3, 0.4) is 0 Å². The van der Waals surface area contributed by atoms with Gasteiger partial charge in [-0.15, -0.1) is 0 Å². The summed E-state index contributed by atoms with van der Waals surface area (Å²) in [5.41, 5.74) is 12.5. The van der Waals surface area contributed by atoms with Crippen LogP contribution in [0.1, 0.15) is 12.5 Å². The SMILES string of the molecule is CCOc1cc(-c2nc(N)nc(N)c2C#N)c(Br)cc1OC. The summed E-state index contributed by atoms with van der Waals surface area (Å²) in [7, 11) is 1.55. The molecule has 0 aliphatic rings. The fourth-order valence-corrected chi connectivity index (χ4v) is 2.46. The van der Waals surface area contributed by atoms with Crippen LogP contribution in [0, 0.1) is 11.3 Å². The molecule has 0 radical (unpaired) electrons. The Morgan fingerprint density at radius 1 is 1.27 bits per heavy atom. The number of nitrogens with two attached hydrogens (primary N) is 2. The van der Waals surface area contributed by atoms with Crippen molar-refractivity contribution in [3.8, 4) is 28.8 Å². The van der Waals surface area contributed by atoms with Crippen LogP contribution >= 0.6 is 15.9 Å². The van der Waals surface area contributed by atoms with Gasteiger partial charge in [-0.3, -0.25) is 0 Å². The molecular weight excluding hydrogens is 350 g/mol. The average molecular weight is 364 g/mol. The summed E-state index contributed by atoms with van der Waals surface area (Å²) in [5.74, 6) is 1.12. The lowest BCUT2D eigenvalue weighted by molar-refractivity contribution is 0.311. The molecule has 0 atom stereocenters. The van der Waals surface area contributed by atoms with E-state index in [9.17, 15) is 5.26 Å². The van der Waals surface area contributed by atoms with Crippen molar-refractivity contribution in [1.82, 2.24) is 9.97 Å². The quantitative estimate of drug-likeness (QED) is 0.854. The number of nitriles is 1. The molecule has 22 heavy (non-hydrogen) atoms. The van der Waals surface area contributed by atoms with Crippen LogP contribution in [-0.2, 0) is 0 Å². The maximum atomic E-state index is 9.29. The van der Waals surface area contributed by atoms with Gasteiger partial charge < -0.3 is 20.9 Å². The third-order valence-electron chi connectivity index (χ3n) is 2.87. The predicted octanol–water partition coefficient (Wildman–Crippen LogP) is 2.35. The molecule has 0 saturated carbocycles. The van der Waals surface area contributed by atoms with Crippen LogP contribution in [0.25, 0.3) is 11.3 Å². The first-order chi connectivity index (χ1) is 10.5. The van der Waals surface area contributed by atoms with Gasteiger partial charge >= 0.3 is 0 Å². The molecule has 8 heteroatoms. The highest BCUT2D eigenvalue weighted by Crippen LogP contribution is 2.39. The molecule has 0 aliphatic carbocycles. The van der Waals surface area contributed by atoms with Gasteiger partial charge in [0.2, 0.25) is 5.95 Å². The van der Waals surface area contributed by atoms with Gasteiger partial charge in [0, 0.05) is 10.0 Å². The number of hydrogen-bond donors (Lipinski definition) is 2. The van der Waals surface area contributed by atoms with Gasteiger partial charge in [0.05, 0.1) is 19.4 Å². The van der Waals surface area contributed by atoms with E-state index in [0.29, 0.717) is 33.8 Å². The number of aromatic nitrogens is 2. The Kier molecular flexibility index (Phi) is 4.68. The van der Waals surface area contributed by atoms with Crippen LogP contribution in [0.15, 0.2) is 16.6 Å². The Labute approximate surface area is 136 Å². The maximum Gasteiger partial charge on any atom is 0.222 e. The van der Waals surface area contributed by atoms with Crippen LogP contribution in [0.4, 0.5) is 11.8 Å². The molecule has 0 amide bonds. The molecule has 1 aromatic heterocycles. The first kappa shape index (κ1) is 15.9. The highest BCUT2D eigenvalue weighted by atomic mass is 79.9. The molecule has 0 spiro atoms. The highest BCUT2D eigenvalue weighted by Gasteiger charge is 2.18. The summed E-state index contributed by atoms with van der Waals surface area (Å²) in [6.07, 6.45) is 0. The number of nitrogens with zero attached hydrogens (tertiary/aromatic N) is 3.